The first-order valence-corrected chi connectivity index (χ1v) is 9.83. The molecule has 0 saturated carbocycles. The molecule has 1 amide bonds. The Kier molecular flexibility index (Phi) is 5.34. The van der Waals surface area contributed by atoms with E-state index in [0.29, 0.717) is 16.6 Å². The molecule has 0 radical (unpaired) electrons. The summed E-state index contributed by atoms with van der Waals surface area (Å²) in [7, 11) is 0. The molecular weight excluding hydrogens is 360 g/mol. The molecule has 0 unspecified atom stereocenters. The molecule has 1 N–H and O–H groups in total. The summed E-state index contributed by atoms with van der Waals surface area (Å²) in [5.41, 5.74) is 3.40. The number of amides is 1. The van der Waals surface area contributed by atoms with E-state index in [9.17, 15) is 4.79 Å². The monoisotopic (exact) mass is 380 g/mol. The summed E-state index contributed by atoms with van der Waals surface area (Å²) in [6.45, 7) is 1.96. The fourth-order valence-electron chi connectivity index (χ4n) is 3.32. The second kappa shape index (κ2) is 8.22. The molecule has 1 aliphatic heterocycles. The molecule has 0 bridgehead atoms. The van der Waals surface area contributed by atoms with Gasteiger partial charge in [-0.05, 0) is 48.9 Å². The van der Waals surface area contributed by atoms with Crippen LogP contribution in [0, 0.1) is 5.92 Å². The van der Waals surface area contributed by atoms with Gasteiger partial charge in [0.2, 0.25) is 5.13 Å². The van der Waals surface area contributed by atoms with Crippen LogP contribution in [0.4, 0.5) is 10.9 Å². The molecule has 3 aromatic heterocycles. The summed E-state index contributed by atoms with van der Waals surface area (Å²) in [6.07, 6.45) is 8.74. The van der Waals surface area contributed by atoms with Gasteiger partial charge in [-0.15, -0.1) is 10.2 Å². The smallest absolute Gasteiger partial charge is 0.259 e. The number of aromatic nitrogens is 4. The van der Waals surface area contributed by atoms with Crippen molar-refractivity contribution >= 4 is 28.2 Å². The first kappa shape index (κ1) is 17.5. The van der Waals surface area contributed by atoms with Gasteiger partial charge in [0.1, 0.15) is 11.3 Å². The van der Waals surface area contributed by atoms with E-state index in [2.05, 4.69) is 36.4 Å². The number of anilines is 2. The molecule has 8 heteroatoms. The second-order valence-electron chi connectivity index (χ2n) is 6.60. The number of carbonyl (C=O) groups excluding carboxylic acids is 1. The minimum absolute atomic E-state index is 0.221. The van der Waals surface area contributed by atoms with E-state index < -0.39 is 0 Å². The minimum atomic E-state index is -0.221. The van der Waals surface area contributed by atoms with Gasteiger partial charge in [0.15, 0.2) is 0 Å². The van der Waals surface area contributed by atoms with Gasteiger partial charge < -0.3 is 4.90 Å². The highest BCUT2D eigenvalue weighted by molar-refractivity contribution is 7.13. The van der Waals surface area contributed by atoms with Crippen LogP contribution in [-0.2, 0) is 6.42 Å². The number of pyridine rings is 2. The molecule has 4 heterocycles. The molecule has 1 aliphatic rings. The maximum absolute atomic E-state index is 12.2. The van der Waals surface area contributed by atoms with Crippen LogP contribution in [0.1, 0.15) is 28.8 Å². The lowest BCUT2D eigenvalue weighted by Crippen LogP contribution is -2.34. The molecule has 0 atom stereocenters. The highest BCUT2D eigenvalue weighted by Gasteiger charge is 2.20. The molecule has 7 nitrogen and oxygen atoms in total. The number of nitrogens with one attached hydrogen (secondary N) is 1. The third kappa shape index (κ3) is 4.46. The summed E-state index contributed by atoms with van der Waals surface area (Å²) in [4.78, 5) is 23.2. The lowest BCUT2D eigenvalue weighted by Gasteiger charge is -2.32. The van der Waals surface area contributed by atoms with Crippen molar-refractivity contribution in [3.8, 4) is 0 Å². The largest absolute Gasteiger partial charge is 0.357 e. The van der Waals surface area contributed by atoms with Gasteiger partial charge >= 0.3 is 0 Å². The minimum Gasteiger partial charge on any atom is -0.357 e. The van der Waals surface area contributed by atoms with Crippen LogP contribution in [0.15, 0.2) is 48.4 Å². The summed E-state index contributed by atoms with van der Waals surface area (Å²) in [6, 6.07) is 7.86. The molecule has 1 fully saturated rings. The molecular formula is C19H20N6OS. The Balaban J connectivity index is 1.31. The van der Waals surface area contributed by atoms with Crippen LogP contribution in [0.25, 0.3) is 0 Å². The van der Waals surface area contributed by atoms with Gasteiger partial charge in [-0.3, -0.25) is 15.1 Å². The predicted molar refractivity (Wildman–Crippen MR) is 105 cm³/mol. The zero-order valence-electron chi connectivity index (χ0n) is 14.8. The van der Waals surface area contributed by atoms with E-state index in [1.807, 2.05) is 24.5 Å². The summed E-state index contributed by atoms with van der Waals surface area (Å²) in [5, 5.41) is 10.7. The summed E-state index contributed by atoms with van der Waals surface area (Å²) < 4.78 is 0. The van der Waals surface area contributed by atoms with Crippen molar-refractivity contribution in [2.75, 3.05) is 23.3 Å². The molecule has 0 aromatic carbocycles. The number of piperidine rings is 1. The molecule has 1 saturated heterocycles. The van der Waals surface area contributed by atoms with Crippen LogP contribution in [0.5, 0.6) is 0 Å². The number of hydrogen-bond donors (Lipinski definition) is 1. The van der Waals surface area contributed by atoms with Crippen LogP contribution >= 0.6 is 11.3 Å². The van der Waals surface area contributed by atoms with Crippen molar-refractivity contribution in [3.63, 3.8) is 0 Å². The quantitative estimate of drug-likeness (QED) is 0.732. The van der Waals surface area contributed by atoms with E-state index in [1.165, 1.54) is 16.9 Å². The predicted octanol–water partition coefficient (Wildman–Crippen LogP) is 3.04. The van der Waals surface area contributed by atoms with Gasteiger partial charge in [0, 0.05) is 31.7 Å². The number of rotatable bonds is 5. The zero-order chi connectivity index (χ0) is 18.5. The average molecular weight is 380 g/mol. The standard InChI is InChI=1S/C19H20N6OS/c26-18(23-19-24-22-13-27-19)16-3-4-17(21-12-16)25-8-5-14(6-9-25)10-15-2-1-7-20-11-15/h1-4,7,11-14H,5-6,8-10H2,(H,23,24,26). The third-order valence-electron chi connectivity index (χ3n) is 4.78. The fourth-order valence-corrected chi connectivity index (χ4v) is 3.76. The number of carbonyl (C=O) groups is 1. The Hall–Kier alpha value is -2.87. The SMILES string of the molecule is O=C(Nc1nncs1)c1ccc(N2CCC(Cc3cccnc3)CC2)nc1. The molecule has 0 spiro atoms. The van der Waals surface area contributed by atoms with E-state index in [0.717, 1.165) is 38.2 Å². The second-order valence-corrected chi connectivity index (χ2v) is 7.43. The van der Waals surface area contributed by atoms with Gasteiger partial charge in [0.25, 0.3) is 5.91 Å². The Bertz CT molecular complexity index is 861. The van der Waals surface area contributed by atoms with Crippen molar-refractivity contribution in [2.24, 2.45) is 5.92 Å². The Morgan fingerprint density at radius 3 is 2.78 bits per heavy atom. The maximum atomic E-state index is 12.2. The van der Waals surface area contributed by atoms with Crippen molar-refractivity contribution in [1.82, 2.24) is 20.2 Å². The van der Waals surface area contributed by atoms with Crippen molar-refractivity contribution in [2.45, 2.75) is 19.3 Å². The lowest BCUT2D eigenvalue weighted by atomic mass is 9.91. The van der Waals surface area contributed by atoms with Gasteiger partial charge in [-0.25, -0.2) is 4.98 Å². The van der Waals surface area contributed by atoms with Crippen LogP contribution < -0.4 is 10.2 Å². The maximum Gasteiger partial charge on any atom is 0.259 e. The normalized spacial score (nSPS) is 14.9. The van der Waals surface area contributed by atoms with E-state index in [1.54, 1.807) is 17.8 Å². The highest BCUT2D eigenvalue weighted by Crippen LogP contribution is 2.24. The van der Waals surface area contributed by atoms with Crippen LogP contribution in [-0.4, -0.2) is 39.2 Å². The van der Waals surface area contributed by atoms with Crippen LogP contribution in [0.2, 0.25) is 0 Å². The lowest BCUT2D eigenvalue weighted by molar-refractivity contribution is 0.102. The van der Waals surface area contributed by atoms with Crippen molar-refractivity contribution in [1.29, 1.82) is 0 Å². The Morgan fingerprint density at radius 1 is 1.22 bits per heavy atom. The first-order chi connectivity index (χ1) is 13.3. The van der Waals surface area contributed by atoms with Gasteiger partial charge in [-0.2, -0.15) is 0 Å². The third-order valence-corrected chi connectivity index (χ3v) is 5.38. The number of hydrogen-bond acceptors (Lipinski definition) is 7. The number of nitrogens with zero attached hydrogens (tertiary/aromatic N) is 5. The van der Waals surface area contributed by atoms with Crippen molar-refractivity contribution in [3.05, 3.63) is 59.5 Å². The van der Waals surface area contributed by atoms with Gasteiger partial charge in [0.05, 0.1) is 5.56 Å². The summed E-state index contributed by atoms with van der Waals surface area (Å²) in [5.74, 6) is 1.38. The molecule has 0 aliphatic carbocycles. The molecule has 138 valence electrons. The topological polar surface area (TPSA) is 83.9 Å². The fraction of sp³-hybridized carbons (Fsp3) is 0.316. The molecule has 4 rings (SSSR count). The van der Waals surface area contributed by atoms with Crippen LogP contribution in [0.3, 0.4) is 0 Å². The van der Waals surface area contributed by atoms with E-state index in [4.69, 9.17) is 0 Å². The zero-order valence-corrected chi connectivity index (χ0v) is 15.6. The summed E-state index contributed by atoms with van der Waals surface area (Å²) >= 11 is 1.29. The molecule has 27 heavy (non-hydrogen) atoms. The van der Waals surface area contributed by atoms with Gasteiger partial charge in [-0.1, -0.05) is 17.4 Å². The first-order valence-electron chi connectivity index (χ1n) is 8.95. The Labute approximate surface area is 161 Å². The Morgan fingerprint density at radius 2 is 2.11 bits per heavy atom. The molecule has 3 aromatic rings. The average Bonchev–Trinajstić information content (AvgIpc) is 3.22. The van der Waals surface area contributed by atoms with E-state index >= 15 is 0 Å². The van der Waals surface area contributed by atoms with E-state index in [-0.39, 0.29) is 5.91 Å². The highest BCUT2D eigenvalue weighted by atomic mass is 32.1. The van der Waals surface area contributed by atoms with Crippen molar-refractivity contribution < 1.29 is 4.79 Å².